The molecule has 1 unspecified atom stereocenters. The number of carbonyl (C=O) groups excluding carboxylic acids is 2. The number of thioether (sulfide) groups is 1. The number of carboxylic acids is 1. The summed E-state index contributed by atoms with van der Waals surface area (Å²) in [6, 6.07) is 16.5. The molecule has 0 saturated carbocycles. The average Bonchev–Trinajstić information content (AvgIpc) is 3.37. The predicted octanol–water partition coefficient (Wildman–Crippen LogP) is 7.80. The number of carboxylic acid groups (broad SMARTS) is 1. The van der Waals surface area contributed by atoms with Crippen molar-refractivity contribution < 1.29 is 24.2 Å². The second kappa shape index (κ2) is 16.0. The number of amides is 2. The van der Waals surface area contributed by atoms with E-state index in [9.17, 15) is 19.5 Å². The van der Waals surface area contributed by atoms with Gasteiger partial charge in [-0.3, -0.25) is 4.79 Å². The van der Waals surface area contributed by atoms with Gasteiger partial charge in [-0.15, -0.1) is 18.3 Å². The number of nitrogens with one attached hydrogen (secondary N) is 1. The smallest absolute Gasteiger partial charge is 0.408 e. The van der Waals surface area contributed by atoms with Crippen LogP contribution in [0, 0.1) is 0 Å². The Kier molecular flexibility index (Phi) is 12.7. The Morgan fingerprint density at radius 2 is 1.74 bits per heavy atom. The molecule has 2 amide bonds. The van der Waals surface area contributed by atoms with Crippen LogP contribution < -0.4 is 5.32 Å². The van der Waals surface area contributed by atoms with E-state index in [1.165, 1.54) is 4.90 Å². The molecule has 2 aromatic carbocycles. The van der Waals surface area contributed by atoms with E-state index in [0.717, 1.165) is 54.5 Å². The first-order valence-corrected chi connectivity index (χ1v) is 16.4. The molecule has 234 valence electrons. The van der Waals surface area contributed by atoms with Crippen molar-refractivity contribution in [1.29, 1.82) is 0 Å². The molecule has 0 aliphatic carbocycles. The van der Waals surface area contributed by atoms with Crippen molar-refractivity contribution in [2.75, 3.05) is 12.3 Å². The van der Waals surface area contributed by atoms with Crippen molar-refractivity contribution in [1.82, 2.24) is 10.2 Å². The summed E-state index contributed by atoms with van der Waals surface area (Å²) in [6.45, 7) is 11.5. The molecule has 0 radical (unpaired) electrons. The Bertz CT molecular complexity index is 1210. The van der Waals surface area contributed by atoms with Gasteiger partial charge >= 0.3 is 12.1 Å². The van der Waals surface area contributed by atoms with E-state index < -0.39 is 34.5 Å². The highest BCUT2D eigenvalue weighted by Crippen LogP contribution is 2.48. The fourth-order valence-electron chi connectivity index (χ4n) is 5.45. The number of aliphatic carboxylic acids is 1. The van der Waals surface area contributed by atoms with Crippen LogP contribution in [0.25, 0.3) is 11.1 Å². The Labute approximate surface area is 261 Å². The number of rotatable bonds is 15. The zero-order valence-corrected chi connectivity index (χ0v) is 27.0. The molecule has 0 spiro atoms. The van der Waals surface area contributed by atoms with Crippen molar-refractivity contribution in [3.05, 3.63) is 72.8 Å². The third-order valence-corrected chi connectivity index (χ3v) is 9.25. The molecule has 1 heterocycles. The molecule has 3 atom stereocenters. The SMILES string of the molecule is C=CCCCCCC(NC(=O)OC(C)(C)C)C(=O)N1C[C@](SCCCC)(c2ccc(-c3ccccc3)cc2)C[C@H]1C(=O)O. The van der Waals surface area contributed by atoms with Crippen LogP contribution in [0.2, 0.25) is 0 Å². The van der Waals surface area contributed by atoms with Gasteiger partial charge in [0.2, 0.25) is 5.91 Å². The number of ether oxygens (including phenoxy) is 1. The van der Waals surface area contributed by atoms with E-state index in [4.69, 9.17) is 4.74 Å². The van der Waals surface area contributed by atoms with Crippen LogP contribution in [0.5, 0.6) is 0 Å². The maximum atomic E-state index is 14.1. The Balaban J connectivity index is 1.91. The van der Waals surface area contributed by atoms with Crippen LogP contribution in [0.1, 0.15) is 84.6 Å². The Hall–Kier alpha value is -3.26. The van der Waals surface area contributed by atoms with Crippen molar-refractivity contribution in [3.8, 4) is 11.1 Å². The van der Waals surface area contributed by atoms with Gasteiger partial charge in [0.15, 0.2) is 0 Å². The molecule has 1 aliphatic rings. The number of unbranched alkanes of at least 4 members (excludes halogenated alkanes) is 4. The highest BCUT2D eigenvalue weighted by Gasteiger charge is 2.51. The molecular formula is C35H48N2O5S. The van der Waals surface area contributed by atoms with Crippen LogP contribution in [-0.4, -0.2) is 58.0 Å². The van der Waals surface area contributed by atoms with Crippen LogP contribution in [0.3, 0.4) is 0 Å². The van der Waals surface area contributed by atoms with E-state index in [1.807, 2.05) is 24.3 Å². The van der Waals surface area contributed by atoms with Gasteiger partial charge in [-0.25, -0.2) is 9.59 Å². The maximum absolute atomic E-state index is 14.1. The quantitative estimate of drug-likeness (QED) is 0.158. The lowest BCUT2D eigenvalue weighted by Gasteiger charge is -2.31. The van der Waals surface area contributed by atoms with Gasteiger partial charge in [0.1, 0.15) is 17.7 Å². The summed E-state index contributed by atoms with van der Waals surface area (Å²) >= 11 is 1.73. The van der Waals surface area contributed by atoms with Gasteiger partial charge < -0.3 is 20.1 Å². The molecule has 1 fully saturated rings. The molecule has 2 N–H and O–H groups in total. The largest absolute Gasteiger partial charge is 0.480 e. The van der Waals surface area contributed by atoms with E-state index in [0.29, 0.717) is 19.3 Å². The van der Waals surface area contributed by atoms with Crippen molar-refractivity contribution in [2.45, 2.75) is 101 Å². The fourth-order valence-corrected chi connectivity index (χ4v) is 7.08. The highest BCUT2D eigenvalue weighted by atomic mass is 32.2. The minimum absolute atomic E-state index is 0.255. The summed E-state index contributed by atoms with van der Waals surface area (Å²) in [5, 5.41) is 13.1. The molecule has 7 nitrogen and oxygen atoms in total. The summed E-state index contributed by atoms with van der Waals surface area (Å²) in [5.74, 6) is -0.552. The van der Waals surface area contributed by atoms with Crippen LogP contribution >= 0.6 is 11.8 Å². The molecule has 1 saturated heterocycles. The summed E-state index contributed by atoms with van der Waals surface area (Å²) in [5.41, 5.74) is 2.47. The molecule has 43 heavy (non-hydrogen) atoms. The molecular weight excluding hydrogens is 560 g/mol. The monoisotopic (exact) mass is 608 g/mol. The van der Waals surface area contributed by atoms with Gasteiger partial charge in [0.25, 0.3) is 0 Å². The Morgan fingerprint density at radius 1 is 1.07 bits per heavy atom. The van der Waals surface area contributed by atoms with Crippen molar-refractivity contribution >= 4 is 29.7 Å². The minimum atomic E-state index is -1.03. The van der Waals surface area contributed by atoms with Crippen LogP contribution in [0.15, 0.2) is 67.3 Å². The van der Waals surface area contributed by atoms with Gasteiger partial charge in [-0.05, 0) is 75.3 Å². The van der Waals surface area contributed by atoms with Gasteiger partial charge in [0, 0.05) is 6.54 Å². The summed E-state index contributed by atoms with van der Waals surface area (Å²) in [4.78, 5) is 41.0. The lowest BCUT2D eigenvalue weighted by atomic mass is 9.93. The second-order valence-corrected chi connectivity index (χ2v) is 13.8. The number of allylic oxidation sites excluding steroid dienone is 1. The van der Waals surface area contributed by atoms with E-state index >= 15 is 0 Å². The zero-order chi connectivity index (χ0) is 31.5. The number of alkyl carbamates (subject to hydrolysis) is 1. The minimum Gasteiger partial charge on any atom is -0.480 e. The van der Waals surface area contributed by atoms with Gasteiger partial charge in [-0.2, -0.15) is 0 Å². The number of benzene rings is 2. The topological polar surface area (TPSA) is 95.9 Å². The fraction of sp³-hybridized carbons (Fsp3) is 0.514. The normalized spacial score (nSPS) is 19.1. The first-order chi connectivity index (χ1) is 20.5. The number of carbonyl (C=O) groups is 3. The Morgan fingerprint density at radius 3 is 2.35 bits per heavy atom. The summed E-state index contributed by atoms with van der Waals surface area (Å²) < 4.78 is 4.89. The lowest BCUT2D eigenvalue weighted by molar-refractivity contribution is -0.149. The number of hydrogen-bond donors (Lipinski definition) is 2. The highest BCUT2D eigenvalue weighted by molar-refractivity contribution is 8.00. The standard InChI is InChI=1S/C35H48N2O5S/c1-6-8-10-11-15-18-29(36-33(41)42-34(3,4)5)31(38)37-25-35(43-23-9-7-2,24-30(37)32(39)40)28-21-19-27(20-22-28)26-16-13-12-14-17-26/h6,12-14,16-17,19-22,29-30H,1,7-11,15,18,23-25H2,2-5H3,(H,36,41)(H,39,40)/t29?,30-,35-/m0/s1. The number of likely N-dealkylation sites (tertiary alicyclic amines) is 1. The molecule has 3 rings (SSSR count). The van der Waals surface area contributed by atoms with E-state index in [1.54, 1.807) is 32.5 Å². The van der Waals surface area contributed by atoms with Gasteiger partial charge in [0.05, 0.1) is 4.75 Å². The van der Waals surface area contributed by atoms with Gasteiger partial charge in [-0.1, -0.05) is 86.9 Å². The first-order valence-electron chi connectivity index (χ1n) is 15.4. The maximum Gasteiger partial charge on any atom is 0.408 e. The number of hydrogen-bond acceptors (Lipinski definition) is 5. The molecule has 0 aromatic heterocycles. The molecule has 1 aliphatic heterocycles. The zero-order valence-electron chi connectivity index (χ0n) is 26.1. The van der Waals surface area contributed by atoms with E-state index in [-0.39, 0.29) is 12.5 Å². The molecule has 2 aromatic rings. The molecule has 8 heteroatoms. The van der Waals surface area contributed by atoms with Crippen LogP contribution in [-0.2, 0) is 19.1 Å². The van der Waals surface area contributed by atoms with Crippen molar-refractivity contribution in [3.63, 3.8) is 0 Å². The van der Waals surface area contributed by atoms with Crippen molar-refractivity contribution in [2.24, 2.45) is 0 Å². The molecule has 0 bridgehead atoms. The average molecular weight is 609 g/mol. The number of nitrogens with zero attached hydrogens (tertiary/aromatic N) is 1. The van der Waals surface area contributed by atoms with Crippen LogP contribution in [0.4, 0.5) is 4.79 Å². The third kappa shape index (κ3) is 9.88. The summed E-state index contributed by atoms with van der Waals surface area (Å²) in [7, 11) is 0. The predicted molar refractivity (Wildman–Crippen MR) is 175 cm³/mol. The lowest BCUT2D eigenvalue weighted by Crippen LogP contribution is -2.52. The second-order valence-electron chi connectivity index (χ2n) is 12.3. The van der Waals surface area contributed by atoms with E-state index in [2.05, 4.69) is 55.2 Å². The third-order valence-electron chi connectivity index (χ3n) is 7.68. The first kappa shape index (κ1) is 34.2. The summed E-state index contributed by atoms with van der Waals surface area (Å²) in [6.07, 6.45) is 7.31.